The number of thioether (sulfide) groups is 1. The topological polar surface area (TPSA) is 85.2 Å². The molecule has 8 heteroatoms. The average molecular weight is 334 g/mol. The molecule has 122 valence electrons. The van der Waals surface area contributed by atoms with Gasteiger partial charge in [0.2, 0.25) is 0 Å². The van der Waals surface area contributed by atoms with Crippen molar-refractivity contribution in [2.75, 3.05) is 19.4 Å². The second kappa shape index (κ2) is 6.59. The molecule has 1 aromatic carbocycles. The number of nitrogens with zero attached hydrogens (tertiary/aromatic N) is 3. The highest BCUT2D eigenvalue weighted by Gasteiger charge is 2.48. The van der Waals surface area contributed by atoms with Gasteiger partial charge in [0, 0.05) is 19.3 Å². The molecule has 1 fully saturated rings. The van der Waals surface area contributed by atoms with Gasteiger partial charge in [0.25, 0.3) is 5.91 Å². The van der Waals surface area contributed by atoms with E-state index in [0.29, 0.717) is 17.5 Å². The fraction of sp³-hybridized carbons (Fsp3) is 0.400. The molecule has 0 saturated carbocycles. The van der Waals surface area contributed by atoms with E-state index in [1.54, 1.807) is 7.05 Å². The summed E-state index contributed by atoms with van der Waals surface area (Å²) < 4.78 is 0. The minimum absolute atomic E-state index is 0.0269. The number of fused-ring (bicyclic) bond motifs is 1. The maximum absolute atomic E-state index is 12.3. The van der Waals surface area contributed by atoms with Gasteiger partial charge in [-0.05, 0) is 5.56 Å². The van der Waals surface area contributed by atoms with E-state index >= 15 is 0 Å². The van der Waals surface area contributed by atoms with Crippen molar-refractivity contribution < 1.29 is 14.7 Å². The number of hydrogen-bond acceptors (Lipinski definition) is 6. The van der Waals surface area contributed by atoms with Crippen LogP contribution >= 0.6 is 11.8 Å². The first-order chi connectivity index (χ1) is 11.1. The van der Waals surface area contributed by atoms with Crippen molar-refractivity contribution in [3.8, 4) is 0 Å². The minimum atomic E-state index is -0.543. The molecular weight excluding hydrogens is 316 g/mol. The van der Waals surface area contributed by atoms with Gasteiger partial charge in [-0.2, -0.15) is 0 Å². The largest absolute Gasteiger partial charge is 0.396 e. The highest BCUT2D eigenvalue weighted by Crippen LogP contribution is 2.29. The first kappa shape index (κ1) is 15.8. The third-order valence-corrected chi connectivity index (χ3v) is 4.83. The van der Waals surface area contributed by atoms with Crippen LogP contribution in [0.2, 0.25) is 0 Å². The molecular formula is C15H18N4O3S. The van der Waals surface area contributed by atoms with Crippen LogP contribution < -0.4 is 5.32 Å². The Morgan fingerprint density at radius 2 is 2.04 bits per heavy atom. The Kier molecular flexibility index (Phi) is 4.53. The summed E-state index contributed by atoms with van der Waals surface area (Å²) in [4.78, 5) is 32.0. The summed E-state index contributed by atoms with van der Waals surface area (Å²) in [5.74, 6) is 0.153. The lowest BCUT2D eigenvalue weighted by Gasteiger charge is -2.36. The summed E-state index contributed by atoms with van der Waals surface area (Å²) in [5, 5.41) is 12.1. The Morgan fingerprint density at radius 1 is 1.30 bits per heavy atom. The molecule has 2 N–H and O–H groups in total. The number of aliphatic imine (C=N–C) groups is 1. The lowest BCUT2D eigenvalue weighted by Crippen LogP contribution is -2.63. The molecule has 2 atom stereocenters. The van der Waals surface area contributed by atoms with Crippen LogP contribution in [0, 0.1) is 0 Å². The zero-order valence-corrected chi connectivity index (χ0v) is 13.5. The molecule has 3 amide bonds. The summed E-state index contributed by atoms with van der Waals surface area (Å²) in [6, 6.07) is 8.81. The second-order valence-electron chi connectivity index (χ2n) is 5.36. The number of carbonyl (C=O) groups is 2. The fourth-order valence-electron chi connectivity index (χ4n) is 2.70. The van der Waals surface area contributed by atoms with Gasteiger partial charge in [-0.25, -0.2) is 9.79 Å². The van der Waals surface area contributed by atoms with Crippen molar-refractivity contribution in [2.45, 2.75) is 18.8 Å². The van der Waals surface area contributed by atoms with Crippen LogP contribution in [0.1, 0.15) is 5.56 Å². The molecule has 0 bridgehead atoms. The van der Waals surface area contributed by atoms with Crippen molar-refractivity contribution >= 4 is 28.9 Å². The molecule has 0 radical (unpaired) electrons. The molecule has 23 heavy (non-hydrogen) atoms. The number of nitrogens with one attached hydrogen (secondary N) is 1. The number of likely N-dealkylation sites (N-methyl/N-ethyl adjacent to an activating group) is 1. The Labute approximate surface area is 138 Å². The lowest BCUT2D eigenvalue weighted by atomic mass is 10.1. The third kappa shape index (κ3) is 3.04. The second-order valence-corrected chi connectivity index (χ2v) is 6.42. The summed E-state index contributed by atoms with van der Waals surface area (Å²) in [6.45, 7) is 0.549. The van der Waals surface area contributed by atoms with Crippen molar-refractivity contribution in [3.05, 3.63) is 35.9 Å². The maximum Gasteiger partial charge on any atom is 0.325 e. The zero-order chi connectivity index (χ0) is 16.4. The van der Waals surface area contributed by atoms with E-state index in [-0.39, 0.29) is 12.5 Å². The summed E-state index contributed by atoms with van der Waals surface area (Å²) in [7, 11) is 1.63. The predicted molar refractivity (Wildman–Crippen MR) is 87.8 cm³/mol. The van der Waals surface area contributed by atoms with Crippen LogP contribution in [0.4, 0.5) is 4.79 Å². The van der Waals surface area contributed by atoms with Crippen LogP contribution in [0.5, 0.6) is 0 Å². The molecule has 3 rings (SSSR count). The summed E-state index contributed by atoms with van der Waals surface area (Å²) in [5.41, 5.74) is 1.05. The van der Waals surface area contributed by atoms with Crippen LogP contribution in [-0.4, -0.2) is 63.6 Å². The number of aliphatic hydroxyl groups is 1. The quantitative estimate of drug-likeness (QED) is 0.836. The van der Waals surface area contributed by atoms with E-state index in [1.165, 1.54) is 16.7 Å². The number of rotatable bonds is 4. The number of carbonyl (C=O) groups excluding carboxylic acids is 2. The van der Waals surface area contributed by atoms with E-state index in [1.807, 2.05) is 35.2 Å². The smallest absolute Gasteiger partial charge is 0.325 e. The lowest BCUT2D eigenvalue weighted by molar-refractivity contribution is -0.127. The first-order valence-corrected chi connectivity index (χ1v) is 8.30. The number of urea groups is 1. The van der Waals surface area contributed by atoms with E-state index < -0.39 is 18.2 Å². The Morgan fingerprint density at radius 3 is 2.74 bits per heavy atom. The molecule has 0 aliphatic carbocycles. The predicted octanol–water partition coefficient (Wildman–Crippen LogP) is 0.460. The van der Waals surface area contributed by atoms with Gasteiger partial charge < -0.3 is 14.9 Å². The van der Waals surface area contributed by atoms with Crippen LogP contribution in [0.3, 0.4) is 0 Å². The van der Waals surface area contributed by atoms with Gasteiger partial charge in [-0.1, -0.05) is 42.1 Å². The number of amides is 3. The number of hydrogen-bond donors (Lipinski definition) is 2. The van der Waals surface area contributed by atoms with Gasteiger partial charge in [0.15, 0.2) is 17.4 Å². The van der Waals surface area contributed by atoms with E-state index in [4.69, 9.17) is 5.11 Å². The van der Waals surface area contributed by atoms with Gasteiger partial charge in [-0.3, -0.25) is 10.1 Å². The normalized spacial score (nSPS) is 23.7. The Bertz CT molecular complexity index is 637. The maximum atomic E-state index is 12.3. The molecule has 2 aliphatic rings. The standard InChI is InChI=1S/C15H18N4O3S/c1-18-12-11(13(21)17-14(18)22)19(15(16-12)23-8-7-20)9-10-5-3-2-4-6-10/h2-6,11-12,20H,7-9H2,1H3,(H,17,21,22). The number of amidine groups is 1. The molecule has 1 aromatic rings. The molecule has 0 spiro atoms. The van der Waals surface area contributed by atoms with Gasteiger partial charge in [-0.15, -0.1) is 0 Å². The van der Waals surface area contributed by atoms with Crippen LogP contribution in [0.25, 0.3) is 0 Å². The summed E-state index contributed by atoms with van der Waals surface area (Å²) >= 11 is 1.39. The number of benzene rings is 1. The van der Waals surface area contributed by atoms with Gasteiger partial charge in [0.05, 0.1) is 6.61 Å². The van der Waals surface area contributed by atoms with E-state index in [2.05, 4.69) is 10.3 Å². The average Bonchev–Trinajstić information content (AvgIpc) is 2.91. The molecule has 2 unspecified atom stereocenters. The zero-order valence-electron chi connectivity index (χ0n) is 12.7. The third-order valence-electron chi connectivity index (χ3n) is 3.84. The van der Waals surface area contributed by atoms with Crippen molar-refractivity contribution in [3.63, 3.8) is 0 Å². The monoisotopic (exact) mass is 334 g/mol. The highest BCUT2D eigenvalue weighted by molar-refractivity contribution is 8.13. The Balaban J connectivity index is 1.89. The van der Waals surface area contributed by atoms with Crippen molar-refractivity contribution in [1.29, 1.82) is 0 Å². The van der Waals surface area contributed by atoms with Gasteiger partial charge >= 0.3 is 6.03 Å². The first-order valence-electron chi connectivity index (χ1n) is 7.31. The van der Waals surface area contributed by atoms with E-state index in [0.717, 1.165) is 5.56 Å². The molecule has 2 heterocycles. The van der Waals surface area contributed by atoms with Crippen molar-refractivity contribution in [1.82, 2.24) is 15.1 Å². The Hall–Kier alpha value is -2.06. The fourth-order valence-corrected chi connectivity index (χ4v) is 3.50. The number of aliphatic hydroxyl groups excluding tert-OH is 1. The minimum Gasteiger partial charge on any atom is -0.396 e. The van der Waals surface area contributed by atoms with Crippen LogP contribution in [0.15, 0.2) is 35.3 Å². The molecule has 1 saturated heterocycles. The van der Waals surface area contributed by atoms with Crippen LogP contribution in [-0.2, 0) is 11.3 Å². The number of imide groups is 1. The van der Waals surface area contributed by atoms with Crippen molar-refractivity contribution in [2.24, 2.45) is 4.99 Å². The summed E-state index contributed by atoms with van der Waals surface area (Å²) in [6.07, 6.45) is -0.527. The van der Waals surface area contributed by atoms with E-state index in [9.17, 15) is 9.59 Å². The molecule has 7 nitrogen and oxygen atoms in total. The highest BCUT2D eigenvalue weighted by atomic mass is 32.2. The van der Waals surface area contributed by atoms with Gasteiger partial charge in [0.1, 0.15) is 0 Å². The molecule has 2 aliphatic heterocycles. The molecule has 0 aromatic heterocycles. The SMILES string of the molecule is CN1C(=O)NC(=O)C2C1N=C(SCCO)N2Cc1ccccc1.